The molecule has 0 aromatic rings. The van der Waals surface area contributed by atoms with Crippen LogP contribution in [0.15, 0.2) is 0 Å². The molecule has 0 bridgehead atoms. The smallest absolute Gasteiger partial charge is 0.364 e. The Kier molecular flexibility index (Phi) is 15.3. The highest BCUT2D eigenvalue weighted by molar-refractivity contribution is 7.80. The van der Waals surface area contributed by atoms with Gasteiger partial charge in [0.25, 0.3) is 5.79 Å². The van der Waals surface area contributed by atoms with Gasteiger partial charge >= 0.3 is 5.97 Å². The molecule has 3 heterocycles. The number of aliphatic hydroxyl groups is 9. The lowest BCUT2D eigenvalue weighted by atomic mass is 9.88. The second kappa shape index (κ2) is 18.1. The molecule has 22 heteroatoms. The Hall–Kier alpha value is -1.84. The average molecular weight is 735 g/mol. The number of carboxylic acid groups (broad SMARTS) is 1. The maximum absolute atomic E-state index is 12.7. The lowest BCUT2D eigenvalue weighted by molar-refractivity contribution is -0.382. The summed E-state index contributed by atoms with van der Waals surface area (Å²) in [4.78, 5) is 36.4. The molecule has 0 aromatic carbocycles. The molecular weight excluding hydrogens is 688 g/mol. The van der Waals surface area contributed by atoms with Crippen molar-refractivity contribution in [2.75, 3.05) is 32.2 Å². The standard InChI is InChI=1S/C27H46N2O19S/c1-9(33)28-15-11(35)5-27(26(41)42,47-22(15)17(37)12(36)6-30)48-23-18(38)13(7-31)44-25(20(23)40)46-21-14(8-32)45-24(43-3-4-49)16(19(21)39)29-10(2)34/h11-25,30-32,35-40,49H,3-8H2,1-2H3,(H,28,33)(H,29,34)(H,41,42). The summed E-state index contributed by atoms with van der Waals surface area (Å²) in [6.07, 6.45) is -24.8. The zero-order valence-corrected chi connectivity index (χ0v) is 27.4. The summed E-state index contributed by atoms with van der Waals surface area (Å²) in [7, 11) is 0. The lowest BCUT2D eigenvalue weighted by Gasteiger charge is -2.51. The number of carbonyl (C=O) groups excluding carboxylic acids is 2. The van der Waals surface area contributed by atoms with Crippen molar-refractivity contribution in [1.29, 1.82) is 0 Å². The van der Waals surface area contributed by atoms with Crippen LogP contribution in [0.1, 0.15) is 20.3 Å². The second-order valence-electron chi connectivity index (χ2n) is 11.8. The topological polar surface area (TPSA) is 333 Å². The van der Waals surface area contributed by atoms with Gasteiger partial charge in [-0.2, -0.15) is 12.6 Å². The summed E-state index contributed by atoms with van der Waals surface area (Å²) in [6, 6.07) is -2.84. The van der Waals surface area contributed by atoms with Crippen LogP contribution in [0.25, 0.3) is 0 Å². The lowest BCUT2D eigenvalue weighted by Crippen LogP contribution is -2.71. The first-order valence-electron chi connectivity index (χ1n) is 15.3. The number of ether oxygens (including phenoxy) is 6. The molecule has 3 aliphatic rings. The molecule has 0 aliphatic carbocycles. The molecule has 12 N–H and O–H groups in total. The Labute approximate surface area is 285 Å². The zero-order valence-electron chi connectivity index (χ0n) is 26.5. The van der Waals surface area contributed by atoms with Gasteiger partial charge in [0, 0.05) is 26.0 Å². The van der Waals surface area contributed by atoms with E-state index in [0.717, 1.165) is 13.8 Å². The molecule has 21 nitrogen and oxygen atoms in total. The molecule has 16 unspecified atom stereocenters. The van der Waals surface area contributed by atoms with Gasteiger partial charge in [0.1, 0.15) is 67.1 Å². The summed E-state index contributed by atoms with van der Waals surface area (Å²) in [5.74, 6) is -6.12. The number of nitrogens with one attached hydrogen (secondary N) is 2. The van der Waals surface area contributed by atoms with Crippen molar-refractivity contribution in [3.8, 4) is 0 Å². The van der Waals surface area contributed by atoms with Crippen LogP contribution in [0, 0.1) is 0 Å². The molecule has 2 amide bonds. The van der Waals surface area contributed by atoms with Gasteiger partial charge in [-0.1, -0.05) is 0 Å². The maximum atomic E-state index is 12.7. The van der Waals surface area contributed by atoms with E-state index in [-0.39, 0.29) is 12.4 Å². The van der Waals surface area contributed by atoms with Crippen LogP contribution in [-0.4, -0.2) is 199 Å². The van der Waals surface area contributed by atoms with Crippen molar-refractivity contribution in [2.45, 2.75) is 118 Å². The van der Waals surface area contributed by atoms with Crippen molar-refractivity contribution in [2.24, 2.45) is 0 Å². The van der Waals surface area contributed by atoms with Crippen LogP contribution in [0.4, 0.5) is 0 Å². The number of carbonyl (C=O) groups is 3. The first-order chi connectivity index (χ1) is 23.0. The predicted octanol–water partition coefficient (Wildman–Crippen LogP) is -7.13. The molecule has 0 spiro atoms. The van der Waals surface area contributed by atoms with E-state index in [1.54, 1.807) is 0 Å². The Morgan fingerprint density at radius 3 is 2.00 bits per heavy atom. The third-order valence-electron chi connectivity index (χ3n) is 8.22. The van der Waals surface area contributed by atoms with Crippen molar-refractivity contribution >= 4 is 30.4 Å². The first kappa shape index (κ1) is 41.6. The van der Waals surface area contributed by atoms with E-state index in [2.05, 4.69) is 23.3 Å². The Morgan fingerprint density at radius 2 is 1.47 bits per heavy atom. The second-order valence-corrected chi connectivity index (χ2v) is 12.3. The summed E-state index contributed by atoms with van der Waals surface area (Å²) >= 11 is 4.04. The molecule has 0 radical (unpaired) electrons. The number of amides is 2. The van der Waals surface area contributed by atoms with Gasteiger partial charge < -0.3 is 90.1 Å². The maximum Gasteiger partial charge on any atom is 0.364 e. The van der Waals surface area contributed by atoms with Gasteiger partial charge in [0.2, 0.25) is 11.8 Å². The number of carboxylic acids is 1. The minimum Gasteiger partial charge on any atom is -0.477 e. The van der Waals surface area contributed by atoms with Crippen molar-refractivity contribution < 1.29 is 93.9 Å². The predicted molar refractivity (Wildman–Crippen MR) is 159 cm³/mol. The van der Waals surface area contributed by atoms with Crippen LogP contribution >= 0.6 is 12.6 Å². The number of aliphatic carboxylic acids is 1. The highest BCUT2D eigenvalue weighted by atomic mass is 32.1. The summed E-state index contributed by atoms with van der Waals surface area (Å²) in [6.45, 7) is -0.597. The van der Waals surface area contributed by atoms with E-state index in [9.17, 15) is 65.4 Å². The van der Waals surface area contributed by atoms with E-state index in [4.69, 9.17) is 28.4 Å². The third kappa shape index (κ3) is 9.54. The summed E-state index contributed by atoms with van der Waals surface area (Å²) in [5, 5.41) is 110. The van der Waals surface area contributed by atoms with Crippen LogP contribution in [-0.2, 0) is 42.8 Å². The van der Waals surface area contributed by atoms with Crippen LogP contribution in [0.2, 0.25) is 0 Å². The van der Waals surface area contributed by atoms with Crippen LogP contribution in [0.5, 0.6) is 0 Å². The van der Waals surface area contributed by atoms with Crippen LogP contribution < -0.4 is 10.6 Å². The van der Waals surface area contributed by atoms with Gasteiger partial charge in [-0.15, -0.1) is 0 Å². The number of aliphatic hydroxyl groups excluding tert-OH is 9. The normalized spacial score (nSPS) is 41.0. The largest absolute Gasteiger partial charge is 0.477 e. The molecule has 49 heavy (non-hydrogen) atoms. The number of rotatable bonds is 15. The molecule has 3 saturated heterocycles. The van der Waals surface area contributed by atoms with Gasteiger partial charge in [0.15, 0.2) is 12.6 Å². The van der Waals surface area contributed by atoms with Crippen LogP contribution in [0.3, 0.4) is 0 Å². The highest BCUT2D eigenvalue weighted by Gasteiger charge is 2.60. The fourth-order valence-electron chi connectivity index (χ4n) is 5.86. The quantitative estimate of drug-likeness (QED) is 0.0695. The van der Waals surface area contributed by atoms with E-state index >= 15 is 0 Å². The number of thiol groups is 1. The SMILES string of the molecule is CC(=O)NC1C(OCCS)OC(CO)C(OC2OC(CO)C(O)C(OC3(C(=O)O)CC(O)C(NC(C)=O)C(C(O)C(O)CO)O3)C2O)C1O. The molecule has 3 fully saturated rings. The first-order valence-corrected chi connectivity index (χ1v) is 15.9. The minimum atomic E-state index is -3.03. The van der Waals surface area contributed by atoms with E-state index in [0.29, 0.717) is 0 Å². The van der Waals surface area contributed by atoms with Crippen molar-refractivity contribution in [1.82, 2.24) is 10.6 Å². The summed E-state index contributed by atoms with van der Waals surface area (Å²) in [5.41, 5.74) is 0. The Morgan fingerprint density at radius 1 is 0.878 bits per heavy atom. The molecule has 0 aromatic heterocycles. The third-order valence-corrected chi connectivity index (χ3v) is 8.40. The fourth-order valence-corrected chi connectivity index (χ4v) is 5.97. The molecule has 16 atom stereocenters. The van der Waals surface area contributed by atoms with Crippen molar-refractivity contribution in [3.63, 3.8) is 0 Å². The molecular formula is C27H46N2O19S. The molecule has 0 saturated carbocycles. The van der Waals surface area contributed by atoms with Gasteiger partial charge in [-0.3, -0.25) is 9.59 Å². The van der Waals surface area contributed by atoms with Crippen molar-refractivity contribution in [3.05, 3.63) is 0 Å². The molecule has 284 valence electrons. The van der Waals surface area contributed by atoms with Gasteiger partial charge in [-0.25, -0.2) is 4.79 Å². The van der Waals surface area contributed by atoms with E-state index < -0.39 is 142 Å². The molecule has 3 aliphatic heterocycles. The Balaban J connectivity index is 1.95. The van der Waals surface area contributed by atoms with E-state index in [1.807, 2.05) is 0 Å². The monoisotopic (exact) mass is 734 g/mol. The zero-order chi connectivity index (χ0) is 36.8. The van der Waals surface area contributed by atoms with Gasteiger partial charge in [0.05, 0.1) is 38.6 Å². The fraction of sp³-hybridized carbons (Fsp3) is 0.889. The number of hydrogen-bond acceptors (Lipinski definition) is 19. The highest BCUT2D eigenvalue weighted by Crippen LogP contribution is 2.38. The average Bonchev–Trinajstić information content (AvgIpc) is 3.05. The minimum absolute atomic E-state index is 0.0181. The molecule has 3 rings (SSSR count). The number of hydrogen-bond donors (Lipinski definition) is 13. The van der Waals surface area contributed by atoms with E-state index in [1.165, 1.54) is 0 Å². The summed E-state index contributed by atoms with van der Waals surface area (Å²) < 4.78 is 33.7. The van der Waals surface area contributed by atoms with Gasteiger partial charge in [-0.05, 0) is 0 Å². The Bertz CT molecular complexity index is 1110.